The van der Waals surface area contributed by atoms with Crippen LogP contribution in [0.5, 0.6) is 0 Å². The molecule has 0 saturated carbocycles. The monoisotopic (exact) mass is 389 g/mol. The topological polar surface area (TPSA) is 129 Å². The van der Waals surface area contributed by atoms with Crippen LogP contribution in [0.3, 0.4) is 0 Å². The number of carboxylic acid groups (broad SMARTS) is 1. The number of amides is 3. The third kappa shape index (κ3) is 3.85. The number of carbonyl (C=O) groups is 3. The summed E-state index contributed by atoms with van der Waals surface area (Å²) in [5.74, 6) is -1.08. The Hall–Kier alpha value is -3.14. The maximum absolute atomic E-state index is 12.6. The van der Waals surface area contributed by atoms with E-state index in [1.165, 1.54) is 6.92 Å². The number of urea groups is 1. The smallest absolute Gasteiger partial charge is 0.339 e. The minimum absolute atomic E-state index is 0.103. The van der Waals surface area contributed by atoms with Crippen LogP contribution in [0.15, 0.2) is 24.4 Å². The average Bonchev–Trinajstić information content (AvgIpc) is 2.99. The number of hydrogen-bond donors (Lipinski definition) is 3. The summed E-state index contributed by atoms with van der Waals surface area (Å²) in [7, 11) is 0. The summed E-state index contributed by atoms with van der Waals surface area (Å²) in [6.45, 7) is 3.68. The van der Waals surface area contributed by atoms with Crippen molar-refractivity contribution in [3.8, 4) is 0 Å². The first-order valence-corrected chi connectivity index (χ1v) is 9.08. The zero-order valence-electron chi connectivity index (χ0n) is 14.6. The van der Waals surface area contributed by atoms with Gasteiger partial charge in [0.05, 0.1) is 10.4 Å². The Labute approximate surface area is 159 Å². The molecule has 4 N–H and O–H groups in total. The van der Waals surface area contributed by atoms with Crippen LogP contribution in [-0.4, -0.2) is 59.1 Å². The number of nitrogens with one attached hydrogen (secondary N) is 1. The summed E-state index contributed by atoms with van der Waals surface area (Å²) in [6, 6.07) is 5.26. The fourth-order valence-electron chi connectivity index (χ4n) is 2.95. The Kier molecular flexibility index (Phi) is 5.26. The van der Waals surface area contributed by atoms with Crippen LogP contribution in [0.25, 0.3) is 0 Å². The van der Waals surface area contributed by atoms with E-state index in [0.29, 0.717) is 26.2 Å². The first kappa shape index (κ1) is 18.6. The molecule has 0 spiro atoms. The number of nitrogens with two attached hydrogens (primary N) is 1. The fourth-order valence-corrected chi connectivity index (χ4v) is 3.99. The van der Waals surface area contributed by atoms with Gasteiger partial charge in [-0.3, -0.25) is 10.1 Å². The molecule has 1 aliphatic heterocycles. The van der Waals surface area contributed by atoms with Crippen LogP contribution in [0, 0.1) is 6.92 Å². The number of piperazine rings is 1. The van der Waals surface area contributed by atoms with E-state index in [4.69, 9.17) is 5.73 Å². The number of thiophene rings is 1. The lowest BCUT2D eigenvalue weighted by Crippen LogP contribution is -2.50. The Bertz CT molecular complexity index is 875. The number of nitrogens with zero attached hydrogens (tertiary/aromatic N) is 3. The van der Waals surface area contributed by atoms with Crippen molar-refractivity contribution in [1.82, 2.24) is 9.88 Å². The molecule has 1 aliphatic rings. The molecule has 0 radical (unpaired) electrons. The van der Waals surface area contributed by atoms with Crippen molar-refractivity contribution >= 4 is 40.1 Å². The number of carboxylic acids is 1. The lowest BCUT2D eigenvalue weighted by molar-refractivity contribution is 0.0697. The molecule has 1 fully saturated rings. The van der Waals surface area contributed by atoms with E-state index in [2.05, 4.69) is 15.2 Å². The zero-order valence-corrected chi connectivity index (χ0v) is 15.5. The van der Waals surface area contributed by atoms with Crippen LogP contribution in [0.2, 0.25) is 0 Å². The van der Waals surface area contributed by atoms with Gasteiger partial charge < -0.3 is 20.6 Å². The van der Waals surface area contributed by atoms with E-state index >= 15 is 0 Å². The summed E-state index contributed by atoms with van der Waals surface area (Å²) in [5.41, 5.74) is 5.44. The van der Waals surface area contributed by atoms with Gasteiger partial charge in [0.25, 0.3) is 5.91 Å². The summed E-state index contributed by atoms with van der Waals surface area (Å²) < 4.78 is 0. The minimum Gasteiger partial charge on any atom is -0.478 e. The second-order valence-electron chi connectivity index (χ2n) is 6.02. The molecule has 9 nitrogen and oxygen atoms in total. The predicted molar refractivity (Wildman–Crippen MR) is 102 cm³/mol. The molecule has 3 heterocycles. The third-order valence-electron chi connectivity index (χ3n) is 4.35. The highest BCUT2D eigenvalue weighted by molar-refractivity contribution is 7.18. The van der Waals surface area contributed by atoms with E-state index < -0.39 is 17.9 Å². The van der Waals surface area contributed by atoms with Crippen molar-refractivity contribution in [2.75, 3.05) is 36.4 Å². The molecule has 0 bridgehead atoms. The Balaban J connectivity index is 1.69. The largest absolute Gasteiger partial charge is 0.478 e. The van der Waals surface area contributed by atoms with Crippen LogP contribution >= 0.6 is 11.3 Å². The molecule has 10 heteroatoms. The summed E-state index contributed by atoms with van der Waals surface area (Å²) in [4.78, 5) is 43.6. The van der Waals surface area contributed by atoms with Crippen molar-refractivity contribution in [1.29, 1.82) is 0 Å². The zero-order chi connectivity index (χ0) is 19.6. The number of primary amides is 1. The van der Waals surface area contributed by atoms with Gasteiger partial charge in [0.1, 0.15) is 10.8 Å². The molecular weight excluding hydrogens is 370 g/mol. The summed E-state index contributed by atoms with van der Waals surface area (Å²) in [5, 5.41) is 12.1. The van der Waals surface area contributed by atoms with Crippen LogP contribution in [-0.2, 0) is 0 Å². The van der Waals surface area contributed by atoms with E-state index in [9.17, 15) is 19.5 Å². The molecule has 142 valence electrons. The van der Waals surface area contributed by atoms with Crippen molar-refractivity contribution in [2.45, 2.75) is 6.92 Å². The SMILES string of the molecule is Cc1c(C(N)=O)sc(NC(=O)N2CCN(c3ccccn3)CC2)c1C(=O)O. The van der Waals surface area contributed by atoms with Crippen molar-refractivity contribution in [2.24, 2.45) is 5.73 Å². The van der Waals surface area contributed by atoms with Gasteiger partial charge >= 0.3 is 12.0 Å². The molecule has 0 aromatic carbocycles. The van der Waals surface area contributed by atoms with Gasteiger partial charge in [-0.05, 0) is 24.6 Å². The van der Waals surface area contributed by atoms with Crippen LogP contribution in [0.4, 0.5) is 15.6 Å². The highest BCUT2D eigenvalue weighted by Gasteiger charge is 2.27. The molecule has 27 heavy (non-hydrogen) atoms. The van der Waals surface area contributed by atoms with Crippen LogP contribution < -0.4 is 16.0 Å². The molecule has 2 aromatic heterocycles. The maximum atomic E-state index is 12.6. The van der Waals surface area contributed by atoms with Gasteiger partial charge in [-0.25, -0.2) is 14.6 Å². The number of pyridine rings is 1. The molecule has 3 amide bonds. The standard InChI is InChI=1S/C17H19N5O4S/c1-10-12(16(24)25)15(27-13(10)14(18)23)20-17(26)22-8-6-21(7-9-22)11-4-2-3-5-19-11/h2-5H,6-9H2,1H3,(H2,18,23)(H,20,26)(H,24,25). The maximum Gasteiger partial charge on any atom is 0.339 e. The molecule has 1 saturated heterocycles. The molecule has 3 rings (SSSR count). The average molecular weight is 389 g/mol. The van der Waals surface area contributed by atoms with Gasteiger partial charge in [-0.15, -0.1) is 11.3 Å². The Morgan fingerprint density at radius 3 is 2.48 bits per heavy atom. The van der Waals surface area contributed by atoms with Gasteiger partial charge in [-0.2, -0.15) is 0 Å². The van der Waals surface area contributed by atoms with E-state index in [1.54, 1.807) is 11.1 Å². The first-order valence-electron chi connectivity index (χ1n) is 8.27. The quantitative estimate of drug-likeness (QED) is 0.728. The van der Waals surface area contributed by atoms with Gasteiger partial charge in [0.15, 0.2) is 0 Å². The summed E-state index contributed by atoms with van der Waals surface area (Å²) >= 11 is 0.878. The van der Waals surface area contributed by atoms with Crippen molar-refractivity contribution in [3.05, 3.63) is 40.4 Å². The van der Waals surface area contributed by atoms with Gasteiger partial charge in [-0.1, -0.05) is 6.07 Å². The number of hydrogen-bond acceptors (Lipinski definition) is 6. The Morgan fingerprint density at radius 2 is 1.93 bits per heavy atom. The second-order valence-corrected chi connectivity index (χ2v) is 7.04. The molecule has 0 atom stereocenters. The van der Waals surface area contributed by atoms with Gasteiger partial charge in [0, 0.05) is 32.4 Å². The lowest BCUT2D eigenvalue weighted by Gasteiger charge is -2.35. The number of carbonyl (C=O) groups excluding carboxylic acids is 2. The highest BCUT2D eigenvalue weighted by atomic mass is 32.1. The van der Waals surface area contributed by atoms with Crippen molar-refractivity contribution in [3.63, 3.8) is 0 Å². The van der Waals surface area contributed by atoms with Gasteiger partial charge in [0.2, 0.25) is 0 Å². The first-order chi connectivity index (χ1) is 12.9. The highest BCUT2D eigenvalue weighted by Crippen LogP contribution is 2.33. The molecule has 0 aliphatic carbocycles. The minimum atomic E-state index is -1.22. The van der Waals surface area contributed by atoms with Crippen LogP contribution in [0.1, 0.15) is 25.6 Å². The number of rotatable bonds is 4. The Morgan fingerprint density at radius 1 is 1.22 bits per heavy atom. The summed E-state index contributed by atoms with van der Waals surface area (Å²) in [6.07, 6.45) is 1.72. The number of anilines is 2. The van der Waals surface area contributed by atoms with E-state index in [-0.39, 0.29) is 21.0 Å². The van der Waals surface area contributed by atoms with Crippen molar-refractivity contribution < 1.29 is 19.5 Å². The van der Waals surface area contributed by atoms with E-state index in [0.717, 1.165) is 17.2 Å². The molecule has 2 aromatic rings. The second kappa shape index (κ2) is 7.62. The number of aromatic nitrogens is 1. The molecular formula is C17H19N5O4S. The van der Waals surface area contributed by atoms with E-state index in [1.807, 2.05) is 18.2 Å². The number of aromatic carboxylic acids is 1. The fraction of sp³-hybridized carbons (Fsp3) is 0.294. The molecule has 0 unspecified atom stereocenters. The third-order valence-corrected chi connectivity index (χ3v) is 5.57. The predicted octanol–water partition coefficient (Wildman–Crippen LogP) is 1.60. The normalized spacial score (nSPS) is 14.1. The lowest BCUT2D eigenvalue weighted by atomic mass is 10.1.